The predicted molar refractivity (Wildman–Crippen MR) is 138 cm³/mol. The maximum absolute atomic E-state index is 13.0. The minimum atomic E-state index is -0.405. The predicted octanol–water partition coefficient (Wildman–Crippen LogP) is 5.57. The van der Waals surface area contributed by atoms with E-state index in [2.05, 4.69) is 24.5 Å². The Kier molecular flexibility index (Phi) is 10.4. The zero-order valence-corrected chi connectivity index (χ0v) is 21.7. The summed E-state index contributed by atoms with van der Waals surface area (Å²) in [5.74, 6) is -0.00276. The lowest BCUT2D eigenvalue weighted by molar-refractivity contribution is -0.140. The van der Waals surface area contributed by atoms with Gasteiger partial charge < -0.3 is 20.3 Å². The van der Waals surface area contributed by atoms with Gasteiger partial charge in [-0.1, -0.05) is 52.7 Å². The molecular weight excluding hydrogens is 434 g/mol. The molecule has 1 aliphatic heterocycles. The van der Waals surface area contributed by atoms with Crippen LogP contribution >= 0.6 is 12.2 Å². The number of carbonyl (C=O) groups is 2. The summed E-state index contributed by atoms with van der Waals surface area (Å²) >= 11 is 5.56. The first-order chi connectivity index (χ1) is 15.7. The standard InChI is InChI=1S/C26H39N3O3S/c1-7-10-11-19(8-2)24(30)27-21-14-12-20(13-15-21)23-22(25(31)32-16-17(4)5)18(6)29(9-3)26(33)28-23/h12-15,17,19,23H,7-11,16H2,1-6H3,(H,27,30)(H,28,33)/t19-,23+/m0/s1. The molecule has 0 saturated carbocycles. The minimum Gasteiger partial charge on any atom is -0.462 e. The number of amides is 1. The van der Waals surface area contributed by atoms with Crippen LogP contribution in [0.2, 0.25) is 0 Å². The molecule has 1 aromatic carbocycles. The molecular formula is C26H39N3O3S. The van der Waals surface area contributed by atoms with Crippen molar-refractivity contribution in [1.82, 2.24) is 10.2 Å². The van der Waals surface area contributed by atoms with Gasteiger partial charge in [-0.05, 0) is 62.5 Å². The van der Waals surface area contributed by atoms with Crippen LogP contribution in [0.4, 0.5) is 5.69 Å². The third kappa shape index (κ3) is 7.03. The Hall–Kier alpha value is -2.41. The number of unbranched alkanes of at least 4 members (excludes halogenated alkanes) is 1. The first-order valence-electron chi connectivity index (χ1n) is 12.1. The van der Waals surface area contributed by atoms with Crippen LogP contribution in [0.3, 0.4) is 0 Å². The molecule has 0 saturated heterocycles. The number of benzene rings is 1. The van der Waals surface area contributed by atoms with E-state index >= 15 is 0 Å². The molecule has 0 unspecified atom stereocenters. The number of carbonyl (C=O) groups excluding carboxylic acids is 2. The van der Waals surface area contributed by atoms with E-state index in [9.17, 15) is 9.59 Å². The Bertz CT molecular complexity index is 864. The van der Waals surface area contributed by atoms with E-state index in [0.29, 0.717) is 23.8 Å². The molecule has 2 N–H and O–H groups in total. The molecule has 0 radical (unpaired) electrons. The average Bonchev–Trinajstić information content (AvgIpc) is 2.78. The van der Waals surface area contributed by atoms with E-state index in [1.54, 1.807) is 0 Å². The number of nitrogens with zero attached hydrogens (tertiary/aromatic N) is 1. The number of thiocarbonyl (C=S) groups is 1. The molecule has 0 fully saturated rings. The van der Waals surface area contributed by atoms with Crippen molar-refractivity contribution >= 4 is 34.9 Å². The largest absolute Gasteiger partial charge is 0.462 e. The van der Waals surface area contributed by atoms with Gasteiger partial charge in [-0.3, -0.25) is 4.79 Å². The van der Waals surface area contributed by atoms with Crippen LogP contribution in [0.1, 0.15) is 78.8 Å². The molecule has 0 spiro atoms. The van der Waals surface area contributed by atoms with Crippen molar-refractivity contribution in [2.75, 3.05) is 18.5 Å². The van der Waals surface area contributed by atoms with Gasteiger partial charge in [0.25, 0.3) is 0 Å². The molecule has 1 heterocycles. The van der Waals surface area contributed by atoms with Gasteiger partial charge in [-0.15, -0.1) is 0 Å². The Labute approximate surface area is 204 Å². The van der Waals surface area contributed by atoms with Crippen molar-refractivity contribution in [3.8, 4) is 0 Å². The minimum absolute atomic E-state index is 0.0231. The molecule has 0 aliphatic carbocycles. The average molecular weight is 474 g/mol. The molecule has 6 nitrogen and oxygen atoms in total. The molecule has 2 atom stereocenters. The molecule has 1 amide bonds. The van der Waals surface area contributed by atoms with Crippen LogP contribution in [0.5, 0.6) is 0 Å². The van der Waals surface area contributed by atoms with Gasteiger partial charge in [-0.2, -0.15) is 0 Å². The fourth-order valence-corrected chi connectivity index (χ4v) is 4.35. The fraction of sp³-hybridized carbons (Fsp3) is 0.577. The summed E-state index contributed by atoms with van der Waals surface area (Å²) in [7, 11) is 0. The first kappa shape index (κ1) is 26.8. The highest BCUT2D eigenvalue weighted by Crippen LogP contribution is 2.32. The van der Waals surface area contributed by atoms with Gasteiger partial charge in [0.05, 0.1) is 18.2 Å². The third-order valence-electron chi connectivity index (χ3n) is 5.96. The summed E-state index contributed by atoms with van der Waals surface area (Å²) in [6.07, 6.45) is 3.86. The lowest BCUT2D eigenvalue weighted by Crippen LogP contribution is -2.47. The Balaban J connectivity index is 2.25. The second-order valence-corrected chi connectivity index (χ2v) is 9.36. The van der Waals surface area contributed by atoms with Crippen molar-refractivity contribution < 1.29 is 14.3 Å². The number of esters is 1. The van der Waals surface area contributed by atoms with Crippen molar-refractivity contribution in [1.29, 1.82) is 0 Å². The Morgan fingerprint density at radius 1 is 1.18 bits per heavy atom. The third-order valence-corrected chi connectivity index (χ3v) is 6.30. The normalized spacial score (nSPS) is 17.1. The van der Waals surface area contributed by atoms with Crippen LogP contribution < -0.4 is 10.6 Å². The van der Waals surface area contributed by atoms with Crippen LogP contribution in [-0.2, 0) is 14.3 Å². The number of hydrogen-bond donors (Lipinski definition) is 2. The van der Waals surface area contributed by atoms with Crippen molar-refractivity contribution in [3.05, 3.63) is 41.1 Å². The van der Waals surface area contributed by atoms with Gasteiger partial charge in [0.1, 0.15) is 0 Å². The Morgan fingerprint density at radius 2 is 1.85 bits per heavy atom. The zero-order valence-electron chi connectivity index (χ0n) is 20.9. The summed E-state index contributed by atoms with van der Waals surface area (Å²) < 4.78 is 5.58. The van der Waals surface area contributed by atoms with Gasteiger partial charge in [0.15, 0.2) is 5.11 Å². The second-order valence-electron chi connectivity index (χ2n) is 8.98. The SMILES string of the molecule is CCCC[C@H](CC)C(=O)Nc1ccc([C@H]2NC(=S)N(CC)C(C)=C2C(=O)OCC(C)C)cc1. The zero-order chi connectivity index (χ0) is 24.5. The van der Waals surface area contributed by atoms with Crippen LogP contribution in [0.15, 0.2) is 35.5 Å². The van der Waals surface area contributed by atoms with E-state index in [4.69, 9.17) is 17.0 Å². The molecule has 2 rings (SSSR count). The van der Waals surface area contributed by atoms with Crippen molar-refractivity contribution in [2.45, 2.75) is 73.3 Å². The Morgan fingerprint density at radius 3 is 2.39 bits per heavy atom. The highest BCUT2D eigenvalue weighted by Gasteiger charge is 2.34. The van der Waals surface area contributed by atoms with Gasteiger partial charge >= 0.3 is 5.97 Å². The number of hydrogen-bond acceptors (Lipinski definition) is 4. The van der Waals surface area contributed by atoms with E-state index in [1.165, 1.54) is 0 Å². The molecule has 0 aromatic heterocycles. The molecule has 0 bridgehead atoms. The molecule has 1 aliphatic rings. The van der Waals surface area contributed by atoms with Crippen LogP contribution in [0, 0.1) is 11.8 Å². The van der Waals surface area contributed by atoms with Crippen molar-refractivity contribution in [2.24, 2.45) is 11.8 Å². The van der Waals surface area contributed by atoms with Crippen LogP contribution in [-0.4, -0.2) is 35.0 Å². The highest BCUT2D eigenvalue weighted by atomic mass is 32.1. The highest BCUT2D eigenvalue weighted by molar-refractivity contribution is 7.80. The lowest BCUT2D eigenvalue weighted by Gasteiger charge is -2.37. The second kappa shape index (κ2) is 12.7. The molecule has 182 valence electrons. The van der Waals surface area contributed by atoms with E-state index in [1.807, 2.05) is 56.9 Å². The van der Waals surface area contributed by atoms with Crippen LogP contribution in [0.25, 0.3) is 0 Å². The van der Waals surface area contributed by atoms with Gasteiger partial charge in [0.2, 0.25) is 5.91 Å². The molecule has 33 heavy (non-hydrogen) atoms. The number of rotatable bonds is 11. The number of anilines is 1. The topological polar surface area (TPSA) is 70.7 Å². The van der Waals surface area contributed by atoms with Gasteiger partial charge in [-0.25, -0.2) is 4.79 Å². The maximum atomic E-state index is 13.0. The lowest BCUT2D eigenvalue weighted by atomic mass is 9.94. The summed E-state index contributed by atoms with van der Waals surface area (Å²) in [5, 5.41) is 6.92. The summed E-state index contributed by atoms with van der Waals surface area (Å²) in [4.78, 5) is 27.6. The van der Waals surface area contributed by atoms with E-state index in [-0.39, 0.29) is 23.7 Å². The maximum Gasteiger partial charge on any atom is 0.338 e. The monoisotopic (exact) mass is 473 g/mol. The number of ether oxygens (including phenoxy) is 1. The summed E-state index contributed by atoms with van der Waals surface area (Å²) in [5.41, 5.74) is 3.00. The first-order valence-corrected chi connectivity index (χ1v) is 12.5. The molecule has 7 heteroatoms. The number of allylic oxidation sites excluding steroid dienone is 1. The van der Waals surface area contributed by atoms with Crippen molar-refractivity contribution in [3.63, 3.8) is 0 Å². The van der Waals surface area contributed by atoms with E-state index < -0.39 is 6.04 Å². The van der Waals surface area contributed by atoms with Gasteiger partial charge in [0, 0.05) is 23.8 Å². The summed E-state index contributed by atoms with van der Waals surface area (Å²) in [6.45, 7) is 13.1. The number of nitrogens with one attached hydrogen (secondary N) is 2. The quantitative estimate of drug-likeness (QED) is 0.324. The fourth-order valence-electron chi connectivity index (χ4n) is 3.97. The smallest absolute Gasteiger partial charge is 0.338 e. The molecule has 1 aromatic rings. The van der Waals surface area contributed by atoms with E-state index in [0.717, 1.165) is 42.6 Å². The summed E-state index contributed by atoms with van der Waals surface area (Å²) in [6, 6.07) is 7.20.